The Morgan fingerprint density at radius 1 is 1.53 bits per heavy atom. The van der Waals surface area contributed by atoms with Crippen molar-refractivity contribution >= 4 is 5.97 Å². The van der Waals surface area contributed by atoms with Crippen LogP contribution in [0.15, 0.2) is 11.3 Å². The first-order chi connectivity index (χ1) is 6.34. The molecule has 0 rings (SSSR count). The average molecular weight is 231 g/mol. The summed E-state index contributed by atoms with van der Waals surface area (Å²) in [6, 6.07) is 0.866. The van der Waals surface area contributed by atoms with Crippen LogP contribution in [0.4, 0.5) is 13.2 Å². The Kier molecular flexibility index (Phi) is 7.48. The van der Waals surface area contributed by atoms with E-state index >= 15 is 0 Å². The number of halogens is 3. The van der Waals surface area contributed by atoms with Crippen molar-refractivity contribution in [1.29, 1.82) is 5.26 Å². The maximum absolute atomic E-state index is 11.8. The summed E-state index contributed by atoms with van der Waals surface area (Å²) in [6.45, 7) is 1.13. The van der Waals surface area contributed by atoms with Crippen LogP contribution >= 0.6 is 0 Å². The van der Waals surface area contributed by atoms with E-state index in [2.05, 4.69) is 4.74 Å². The van der Waals surface area contributed by atoms with E-state index in [0.717, 1.165) is 6.07 Å². The normalized spacial score (nSPS) is 11.9. The van der Waals surface area contributed by atoms with Gasteiger partial charge in [0.05, 0.1) is 6.61 Å². The molecule has 0 aliphatic rings. The third-order valence-corrected chi connectivity index (χ3v) is 1.08. The van der Waals surface area contributed by atoms with Gasteiger partial charge in [-0.25, -0.2) is 4.79 Å². The topological polar surface area (TPSA) is 73.2 Å². The minimum Gasteiger partial charge on any atom is -0.868 e. The smallest absolute Gasteiger partial charge is 0.868 e. The van der Waals surface area contributed by atoms with Crippen molar-refractivity contribution in [3.63, 3.8) is 0 Å². The molecule has 0 saturated heterocycles. The Morgan fingerprint density at radius 2 is 2.00 bits per heavy atom. The summed E-state index contributed by atoms with van der Waals surface area (Å²) in [7, 11) is 0. The molecule has 0 aromatic heterocycles. The molecule has 0 saturated carbocycles. The monoisotopic (exact) mass is 231 g/mol. The SMILES string of the molecule is CCOC(=O)/C(C#N)=C(/[O-])C(F)(F)F.[Na+]. The maximum atomic E-state index is 11.8. The van der Waals surface area contributed by atoms with E-state index in [1.165, 1.54) is 6.92 Å². The number of hydrogen-bond acceptors (Lipinski definition) is 4. The Morgan fingerprint density at radius 3 is 2.27 bits per heavy atom. The Balaban J connectivity index is 0. The van der Waals surface area contributed by atoms with Crippen molar-refractivity contribution in [2.75, 3.05) is 6.61 Å². The van der Waals surface area contributed by atoms with Gasteiger partial charge in [-0.1, -0.05) is 0 Å². The molecule has 0 unspecified atom stereocenters. The van der Waals surface area contributed by atoms with Gasteiger partial charge in [-0.3, -0.25) is 0 Å². The molecule has 0 N–H and O–H groups in total. The van der Waals surface area contributed by atoms with Crippen LogP contribution in [0.25, 0.3) is 0 Å². The van der Waals surface area contributed by atoms with Crippen molar-refractivity contribution in [3.05, 3.63) is 11.3 Å². The van der Waals surface area contributed by atoms with Crippen LogP contribution in [0, 0.1) is 11.3 Å². The van der Waals surface area contributed by atoms with Crippen molar-refractivity contribution in [1.82, 2.24) is 0 Å². The summed E-state index contributed by atoms with van der Waals surface area (Å²) in [4.78, 5) is 10.7. The number of alkyl halides is 3. The minimum absolute atomic E-state index is 0. The van der Waals surface area contributed by atoms with Crippen LogP contribution < -0.4 is 34.7 Å². The standard InChI is InChI=1S/C7H6F3NO3.Na/c1-2-14-6(13)4(3-11)5(12)7(8,9)10;/h12H,2H2,1H3;/q;+1/p-1/b5-4+;. The van der Waals surface area contributed by atoms with Crippen molar-refractivity contribution in [2.24, 2.45) is 0 Å². The number of rotatable bonds is 2. The van der Waals surface area contributed by atoms with Crippen molar-refractivity contribution in [2.45, 2.75) is 13.1 Å². The summed E-state index contributed by atoms with van der Waals surface area (Å²) in [5, 5.41) is 18.6. The molecule has 0 fully saturated rings. The molecule has 0 radical (unpaired) electrons. The van der Waals surface area contributed by atoms with Gasteiger partial charge >= 0.3 is 41.7 Å². The Hall–Kier alpha value is -0.710. The predicted octanol–water partition coefficient (Wildman–Crippen LogP) is -2.75. The van der Waals surface area contributed by atoms with Crippen LogP contribution in [0.1, 0.15) is 6.92 Å². The third kappa shape index (κ3) is 5.06. The Bertz CT molecular complexity index is 306. The molecule has 0 aliphatic carbocycles. The number of nitrogens with zero attached hydrogens (tertiary/aromatic N) is 1. The second-order valence-corrected chi connectivity index (χ2v) is 2.03. The summed E-state index contributed by atoms with van der Waals surface area (Å²) in [5.74, 6) is -4.05. The fraction of sp³-hybridized carbons (Fsp3) is 0.429. The van der Waals surface area contributed by atoms with Gasteiger partial charge in [0.2, 0.25) is 0 Å². The zero-order valence-electron chi connectivity index (χ0n) is 8.01. The molecule has 4 nitrogen and oxygen atoms in total. The summed E-state index contributed by atoms with van der Waals surface area (Å²) < 4.78 is 39.4. The van der Waals surface area contributed by atoms with Gasteiger partial charge in [0, 0.05) is 0 Å². The van der Waals surface area contributed by atoms with Gasteiger partial charge in [0.1, 0.15) is 11.6 Å². The predicted molar refractivity (Wildman–Crippen MR) is 35.3 cm³/mol. The fourth-order valence-corrected chi connectivity index (χ4v) is 0.534. The first kappa shape index (κ1) is 16.7. The van der Waals surface area contributed by atoms with Gasteiger partial charge in [-0.2, -0.15) is 18.4 Å². The number of nitriles is 1. The molecular formula is C7H5F3NNaO3. The van der Waals surface area contributed by atoms with Crippen molar-refractivity contribution < 1.29 is 57.4 Å². The number of esters is 1. The molecule has 0 aromatic rings. The number of carbonyl (C=O) groups excluding carboxylic acids is 1. The Labute approximate surface area is 106 Å². The van der Waals surface area contributed by atoms with Crippen LogP contribution in [-0.2, 0) is 9.53 Å². The van der Waals surface area contributed by atoms with E-state index < -0.39 is 23.5 Å². The van der Waals surface area contributed by atoms with Gasteiger partial charge in [-0.15, -0.1) is 0 Å². The second-order valence-electron chi connectivity index (χ2n) is 2.03. The number of ether oxygens (including phenoxy) is 1. The average Bonchev–Trinajstić information content (AvgIpc) is 2.04. The molecule has 0 aromatic carbocycles. The van der Waals surface area contributed by atoms with E-state index in [1.54, 1.807) is 0 Å². The molecule has 0 spiro atoms. The van der Waals surface area contributed by atoms with Crippen LogP contribution in [0.5, 0.6) is 0 Å². The number of allylic oxidation sites excluding steroid dienone is 1. The van der Waals surface area contributed by atoms with Gasteiger partial charge in [-0.05, 0) is 12.7 Å². The zero-order chi connectivity index (χ0) is 11.4. The fourth-order valence-electron chi connectivity index (χ4n) is 0.534. The van der Waals surface area contributed by atoms with Gasteiger partial charge < -0.3 is 9.84 Å². The molecule has 0 heterocycles. The third-order valence-electron chi connectivity index (χ3n) is 1.08. The van der Waals surface area contributed by atoms with E-state index in [9.17, 15) is 23.1 Å². The molecule has 8 heteroatoms. The van der Waals surface area contributed by atoms with Crippen LogP contribution in [0.2, 0.25) is 0 Å². The van der Waals surface area contributed by atoms with E-state index in [1.807, 2.05) is 0 Å². The molecule has 15 heavy (non-hydrogen) atoms. The van der Waals surface area contributed by atoms with E-state index in [4.69, 9.17) is 5.26 Å². The van der Waals surface area contributed by atoms with Gasteiger partial charge in [0.15, 0.2) is 0 Å². The second kappa shape index (κ2) is 6.71. The molecular weight excluding hydrogens is 226 g/mol. The van der Waals surface area contributed by atoms with Gasteiger partial charge in [0.25, 0.3) is 0 Å². The molecule has 0 aliphatic heterocycles. The zero-order valence-corrected chi connectivity index (χ0v) is 10.0. The molecule has 0 bridgehead atoms. The molecule has 78 valence electrons. The summed E-state index contributed by atoms with van der Waals surface area (Å²) >= 11 is 0. The van der Waals surface area contributed by atoms with Crippen molar-refractivity contribution in [3.8, 4) is 6.07 Å². The first-order valence-corrected chi connectivity index (χ1v) is 3.40. The van der Waals surface area contributed by atoms with Crippen LogP contribution in [0.3, 0.4) is 0 Å². The first-order valence-electron chi connectivity index (χ1n) is 3.40. The quantitative estimate of drug-likeness (QED) is 0.170. The minimum atomic E-state index is -5.24. The molecule has 0 amide bonds. The number of carbonyl (C=O) groups is 1. The van der Waals surface area contributed by atoms with E-state index in [0.29, 0.717) is 0 Å². The molecule has 0 atom stereocenters. The maximum Gasteiger partial charge on any atom is 1.00 e. The number of hydrogen-bond donors (Lipinski definition) is 0. The van der Waals surface area contributed by atoms with Crippen LogP contribution in [-0.4, -0.2) is 18.8 Å². The summed E-state index contributed by atoms with van der Waals surface area (Å²) in [5.41, 5.74) is -1.56. The summed E-state index contributed by atoms with van der Waals surface area (Å²) in [6.07, 6.45) is -5.24. The van der Waals surface area contributed by atoms with E-state index in [-0.39, 0.29) is 36.2 Å². The largest absolute Gasteiger partial charge is 1.00 e.